The number of nitrogens with zero attached hydrogens (tertiary/aromatic N) is 2. The highest BCUT2D eigenvalue weighted by Crippen LogP contribution is 2.27. The summed E-state index contributed by atoms with van der Waals surface area (Å²) in [6, 6.07) is 0.688. The van der Waals surface area contributed by atoms with Gasteiger partial charge in [0.15, 0.2) is 0 Å². The molecule has 3 rings (SSSR count). The molecule has 2 aliphatic heterocycles. The van der Waals surface area contributed by atoms with Crippen molar-refractivity contribution >= 4 is 5.91 Å². The molecule has 0 unspecified atom stereocenters. The third-order valence-corrected chi connectivity index (χ3v) is 5.29. The Kier molecular flexibility index (Phi) is 5.53. The molecule has 120 valence electrons. The van der Waals surface area contributed by atoms with Crippen LogP contribution in [0.4, 0.5) is 0 Å². The summed E-state index contributed by atoms with van der Waals surface area (Å²) in [5.74, 6) is 1.01. The maximum absolute atomic E-state index is 12.0. The van der Waals surface area contributed by atoms with E-state index in [0.717, 1.165) is 25.6 Å². The van der Waals surface area contributed by atoms with Crippen LogP contribution in [-0.2, 0) is 4.79 Å². The second-order valence-electron chi connectivity index (χ2n) is 7.23. The van der Waals surface area contributed by atoms with Crippen LogP contribution in [-0.4, -0.2) is 61.0 Å². The molecular weight excluding hydrogens is 262 g/mol. The smallest absolute Gasteiger partial charge is 0.234 e. The van der Waals surface area contributed by atoms with Gasteiger partial charge >= 0.3 is 0 Å². The van der Waals surface area contributed by atoms with Gasteiger partial charge in [-0.1, -0.05) is 12.8 Å². The van der Waals surface area contributed by atoms with Crippen molar-refractivity contribution in [1.82, 2.24) is 15.1 Å². The Labute approximate surface area is 129 Å². The van der Waals surface area contributed by atoms with E-state index in [2.05, 4.69) is 15.1 Å². The van der Waals surface area contributed by atoms with E-state index in [9.17, 15) is 4.79 Å². The summed E-state index contributed by atoms with van der Waals surface area (Å²) in [5, 5.41) is 3.10. The van der Waals surface area contributed by atoms with Crippen LogP contribution in [0, 0.1) is 5.92 Å². The van der Waals surface area contributed by atoms with Gasteiger partial charge in [0.25, 0.3) is 0 Å². The molecule has 2 heterocycles. The van der Waals surface area contributed by atoms with Crippen LogP contribution in [0.2, 0.25) is 0 Å². The topological polar surface area (TPSA) is 35.6 Å². The fourth-order valence-corrected chi connectivity index (χ4v) is 3.77. The van der Waals surface area contributed by atoms with Crippen LogP contribution < -0.4 is 5.32 Å². The highest BCUT2D eigenvalue weighted by atomic mass is 16.2. The number of rotatable bonds is 5. The van der Waals surface area contributed by atoms with Gasteiger partial charge in [0.1, 0.15) is 0 Å². The van der Waals surface area contributed by atoms with Gasteiger partial charge in [-0.3, -0.25) is 14.6 Å². The van der Waals surface area contributed by atoms with Gasteiger partial charge < -0.3 is 5.32 Å². The molecular formula is C17H31N3O. The Morgan fingerprint density at radius 2 is 1.71 bits per heavy atom. The van der Waals surface area contributed by atoms with Crippen LogP contribution in [0.5, 0.6) is 0 Å². The number of amides is 1. The van der Waals surface area contributed by atoms with Gasteiger partial charge in [-0.15, -0.1) is 0 Å². The SMILES string of the molecule is O=C(CN1CCC[C@@H](N2CCCCCC2)C1)NCC1CC1. The molecule has 0 aromatic rings. The normalized spacial score (nSPS) is 29.0. The third kappa shape index (κ3) is 4.96. The Morgan fingerprint density at radius 1 is 0.952 bits per heavy atom. The zero-order valence-electron chi connectivity index (χ0n) is 13.4. The van der Waals surface area contributed by atoms with Crippen molar-refractivity contribution in [1.29, 1.82) is 0 Å². The van der Waals surface area contributed by atoms with E-state index in [1.807, 2.05) is 0 Å². The van der Waals surface area contributed by atoms with Crippen LogP contribution in [0.15, 0.2) is 0 Å². The second-order valence-corrected chi connectivity index (χ2v) is 7.23. The monoisotopic (exact) mass is 293 g/mol. The molecule has 1 amide bonds. The summed E-state index contributed by atoms with van der Waals surface area (Å²) in [6.45, 7) is 6.25. The standard InChI is InChI=1S/C17H31N3O/c21-17(18-12-15-7-8-15)14-19-9-5-6-16(13-19)20-10-3-1-2-4-11-20/h15-16H,1-14H2,(H,18,21)/t16-/m1/s1. The molecule has 1 aliphatic carbocycles. The predicted octanol–water partition coefficient (Wildman–Crippen LogP) is 1.85. The highest BCUT2D eigenvalue weighted by molar-refractivity contribution is 5.78. The molecule has 3 aliphatic rings. The molecule has 4 nitrogen and oxygen atoms in total. The summed E-state index contributed by atoms with van der Waals surface area (Å²) in [4.78, 5) is 17.1. The quantitative estimate of drug-likeness (QED) is 0.840. The molecule has 21 heavy (non-hydrogen) atoms. The highest BCUT2D eigenvalue weighted by Gasteiger charge is 2.27. The third-order valence-electron chi connectivity index (χ3n) is 5.29. The van der Waals surface area contributed by atoms with Crippen molar-refractivity contribution in [2.24, 2.45) is 5.92 Å². The molecule has 0 spiro atoms. The average molecular weight is 293 g/mol. The van der Waals surface area contributed by atoms with Crippen LogP contribution in [0.1, 0.15) is 51.4 Å². The van der Waals surface area contributed by atoms with Gasteiger partial charge in [-0.05, 0) is 64.1 Å². The molecule has 2 saturated heterocycles. The zero-order valence-corrected chi connectivity index (χ0v) is 13.4. The second kappa shape index (κ2) is 7.59. The van der Waals surface area contributed by atoms with Crippen LogP contribution in [0.3, 0.4) is 0 Å². The van der Waals surface area contributed by atoms with Gasteiger partial charge in [0.2, 0.25) is 5.91 Å². The summed E-state index contributed by atoms with van der Waals surface area (Å²) in [5.41, 5.74) is 0. The van der Waals surface area contributed by atoms with Crippen LogP contribution >= 0.6 is 0 Å². The molecule has 3 fully saturated rings. The Balaban J connectivity index is 1.42. The Morgan fingerprint density at radius 3 is 2.43 bits per heavy atom. The molecule has 0 aromatic carbocycles. The van der Waals surface area contributed by atoms with E-state index in [0.29, 0.717) is 12.6 Å². The minimum absolute atomic E-state index is 0.235. The molecule has 0 radical (unpaired) electrons. The van der Waals surface area contributed by atoms with Crippen molar-refractivity contribution < 1.29 is 4.79 Å². The first-order valence-corrected chi connectivity index (χ1v) is 9.04. The summed E-state index contributed by atoms with van der Waals surface area (Å²) in [7, 11) is 0. The largest absolute Gasteiger partial charge is 0.355 e. The van der Waals surface area contributed by atoms with Gasteiger partial charge in [-0.2, -0.15) is 0 Å². The molecule has 0 aromatic heterocycles. The summed E-state index contributed by atoms with van der Waals surface area (Å²) >= 11 is 0. The maximum Gasteiger partial charge on any atom is 0.234 e. The molecule has 1 N–H and O–H groups in total. The lowest BCUT2D eigenvalue weighted by atomic mass is 10.0. The average Bonchev–Trinajstić information content (AvgIpc) is 3.32. The lowest BCUT2D eigenvalue weighted by Crippen LogP contribution is -2.50. The first-order valence-electron chi connectivity index (χ1n) is 9.04. The number of carbonyl (C=O) groups is 1. The minimum Gasteiger partial charge on any atom is -0.355 e. The minimum atomic E-state index is 0.235. The van der Waals surface area contributed by atoms with Crippen molar-refractivity contribution in [3.63, 3.8) is 0 Å². The first kappa shape index (κ1) is 15.3. The number of nitrogens with one attached hydrogen (secondary N) is 1. The molecule has 0 bridgehead atoms. The fraction of sp³-hybridized carbons (Fsp3) is 0.941. The van der Waals surface area contributed by atoms with Crippen molar-refractivity contribution in [2.75, 3.05) is 39.3 Å². The Hall–Kier alpha value is -0.610. The van der Waals surface area contributed by atoms with Gasteiger partial charge in [0.05, 0.1) is 6.54 Å². The fourth-order valence-electron chi connectivity index (χ4n) is 3.77. The van der Waals surface area contributed by atoms with E-state index in [1.54, 1.807) is 0 Å². The molecule has 1 saturated carbocycles. The van der Waals surface area contributed by atoms with Gasteiger partial charge in [-0.25, -0.2) is 0 Å². The maximum atomic E-state index is 12.0. The Bertz CT molecular complexity index is 335. The summed E-state index contributed by atoms with van der Waals surface area (Å²) in [6.07, 6.45) is 10.7. The zero-order chi connectivity index (χ0) is 14.5. The van der Waals surface area contributed by atoms with E-state index < -0.39 is 0 Å². The van der Waals surface area contributed by atoms with Crippen molar-refractivity contribution in [2.45, 2.75) is 57.4 Å². The van der Waals surface area contributed by atoms with E-state index in [-0.39, 0.29) is 5.91 Å². The van der Waals surface area contributed by atoms with E-state index >= 15 is 0 Å². The predicted molar refractivity (Wildman–Crippen MR) is 85.2 cm³/mol. The van der Waals surface area contributed by atoms with E-state index in [1.165, 1.54) is 64.5 Å². The molecule has 1 atom stereocenters. The summed E-state index contributed by atoms with van der Waals surface area (Å²) < 4.78 is 0. The number of hydrogen-bond acceptors (Lipinski definition) is 3. The number of hydrogen-bond donors (Lipinski definition) is 1. The molecule has 4 heteroatoms. The first-order chi connectivity index (χ1) is 10.3. The van der Waals surface area contributed by atoms with Gasteiger partial charge in [0, 0.05) is 19.1 Å². The lowest BCUT2D eigenvalue weighted by molar-refractivity contribution is -0.122. The number of carbonyl (C=O) groups excluding carboxylic acids is 1. The van der Waals surface area contributed by atoms with Crippen molar-refractivity contribution in [3.8, 4) is 0 Å². The number of likely N-dealkylation sites (tertiary alicyclic amines) is 2. The van der Waals surface area contributed by atoms with Crippen LogP contribution in [0.25, 0.3) is 0 Å². The lowest BCUT2D eigenvalue weighted by Gasteiger charge is -2.38. The van der Waals surface area contributed by atoms with Crippen molar-refractivity contribution in [3.05, 3.63) is 0 Å². The van der Waals surface area contributed by atoms with E-state index in [4.69, 9.17) is 0 Å². The number of piperidine rings is 1.